The van der Waals surface area contributed by atoms with Crippen molar-refractivity contribution in [1.82, 2.24) is 10.3 Å². The minimum Gasteiger partial charge on any atom is -0.310 e. The van der Waals surface area contributed by atoms with E-state index < -0.39 is 0 Å². The summed E-state index contributed by atoms with van der Waals surface area (Å²) in [6.45, 7) is 3.11. The molecule has 0 saturated heterocycles. The molecule has 5 heteroatoms. The van der Waals surface area contributed by atoms with Gasteiger partial charge in [-0.2, -0.15) is 0 Å². The molecule has 0 fully saturated rings. The van der Waals surface area contributed by atoms with Crippen LogP contribution in [-0.2, 0) is 6.42 Å². The van der Waals surface area contributed by atoms with Crippen molar-refractivity contribution in [2.24, 2.45) is 0 Å². The minimum atomic E-state index is 0.325. The lowest BCUT2D eigenvalue weighted by Crippen LogP contribution is -2.21. The maximum atomic E-state index is 4.28. The summed E-state index contributed by atoms with van der Waals surface area (Å²) in [5, 5.41) is 5.62. The second-order valence-corrected chi connectivity index (χ2v) is 6.56. The molecule has 0 aliphatic rings. The van der Waals surface area contributed by atoms with Crippen LogP contribution in [0.15, 0.2) is 38.0 Å². The Morgan fingerprint density at radius 3 is 2.89 bits per heavy atom. The molecule has 96 valence electrons. The molecule has 0 saturated carbocycles. The molecule has 1 N–H and O–H groups in total. The van der Waals surface area contributed by atoms with Gasteiger partial charge in [-0.25, -0.2) is 4.98 Å². The van der Waals surface area contributed by atoms with Crippen molar-refractivity contribution in [3.8, 4) is 0 Å². The van der Waals surface area contributed by atoms with Crippen LogP contribution in [0.4, 0.5) is 0 Å². The summed E-state index contributed by atoms with van der Waals surface area (Å²) >= 11 is 8.71. The zero-order valence-corrected chi connectivity index (χ0v) is 14.0. The summed E-state index contributed by atoms with van der Waals surface area (Å²) in [7, 11) is 0. The Hall–Kier alpha value is -0.230. The third kappa shape index (κ3) is 3.88. The highest BCUT2D eigenvalue weighted by Gasteiger charge is 2.09. The number of rotatable bonds is 5. The van der Waals surface area contributed by atoms with Crippen LogP contribution in [0.25, 0.3) is 0 Å². The molecule has 1 heterocycles. The zero-order valence-electron chi connectivity index (χ0n) is 9.99. The van der Waals surface area contributed by atoms with Crippen molar-refractivity contribution in [2.45, 2.75) is 19.4 Å². The third-order valence-electron chi connectivity index (χ3n) is 2.74. The first-order valence-corrected chi connectivity index (χ1v) is 8.25. The van der Waals surface area contributed by atoms with E-state index in [1.807, 2.05) is 5.51 Å². The molecule has 2 rings (SSSR count). The van der Waals surface area contributed by atoms with Crippen molar-refractivity contribution in [3.63, 3.8) is 0 Å². The lowest BCUT2D eigenvalue weighted by molar-refractivity contribution is 0.572. The van der Waals surface area contributed by atoms with E-state index in [1.165, 1.54) is 5.56 Å². The van der Waals surface area contributed by atoms with Crippen molar-refractivity contribution in [3.05, 3.63) is 49.3 Å². The number of hydrogen-bond acceptors (Lipinski definition) is 3. The summed E-state index contributed by atoms with van der Waals surface area (Å²) in [4.78, 5) is 4.28. The molecule has 0 radical (unpaired) electrons. The average Bonchev–Trinajstić information content (AvgIpc) is 2.81. The number of nitrogens with zero attached hydrogens (tertiary/aromatic N) is 1. The smallest absolute Gasteiger partial charge is 0.0794 e. The fraction of sp³-hybridized carbons (Fsp3) is 0.308. The Morgan fingerprint density at radius 2 is 2.22 bits per heavy atom. The molecule has 0 aliphatic heterocycles. The van der Waals surface area contributed by atoms with Gasteiger partial charge >= 0.3 is 0 Å². The molecular weight excluding hydrogens is 376 g/mol. The highest BCUT2D eigenvalue weighted by molar-refractivity contribution is 9.11. The number of thiazole rings is 1. The Bertz CT molecular complexity index is 500. The van der Waals surface area contributed by atoms with Crippen molar-refractivity contribution < 1.29 is 0 Å². The fourth-order valence-electron chi connectivity index (χ4n) is 1.74. The summed E-state index contributed by atoms with van der Waals surface area (Å²) in [5.41, 5.74) is 4.32. The summed E-state index contributed by atoms with van der Waals surface area (Å²) < 4.78 is 2.22. The monoisotopic (exact) mass is 388 g/mol. The van der Waals surface area contributed by atoms with E-state index in [9.17, 15) is 0 Å². The number of nitrogens with one attached hydrogen (secondary N) is 1. The van der Waals surface area contributed by atoms with Gasteiger partial charge in [0.15, 0.2) is 0 Å². The molecule has 2 aromatic rings. The second-order valence-electron chi connectivity index (χ2n) is 4.07. The van der Waals surface area contributed by atoms with Gasteiger partial charge in [-0.1, -0.05) is 37.9 Å². The molecular formula is C13H14Br2N2S. The predicted octanol–water partition coefficient (Wildman–Crippen LogP) is 4.56. The number of aromatic nitrogens is 1. The van der Waals surface area contributed by atoms with Crippen LogP contribution < -0.4 is 5.32 Å². The van der Waals surface area contributed by atoms with Gasteiger partial charge < -0.3 is 5.32 Å². The number of hydrogen-bond donors (Lipinski definition) is 1. The molecule has 0 spiro atoms. The molecule has 2 nitrogen and oxygen atoms in total. The molecule has 1 atom stereocenters. The second kappa shape index (κ2) is 6.80. The Labute approximate surface area is 128 Å². The topological polar surface area (TPSA) is 24.9 Å². The van der Waals surface area contributed by atoms with Crippen molar-refractivity contribution in [2.75, 3.05) is 6.54 Å². The van der Waals surface area contributed by atoms with Crippen LogP contribution in [0.3, 0.4) is 0 Å². The molecule has 1 aromatic heterocycles. The van der Waals surface area contributed by atoms with Gasteiger partial charge in [0.05, 0.1) is 11.2 Å². The molecule has 18 heavy (non-hydrogen) atoms. The highest BCUT2D eigenvalue weighted by Crippen LogP contribution is 2.26. The van der Waals surface area contributed by atoms with E-state index in [0.717, 1.165) is 27.6 Å². The number of benzene rings is 1. The summed E-state index contributed by atoms with van der Waals surface area (Å²) in [6, 6.07) is 6.60. The third-order valence-corrected chi connectivity index (χ3v) is 4.56. The standard InChI is InChI=1S/C13H14Br2N2S/c1-9(12-3-2-10(14)6-13(12)15)16-5-4-11-7-18-8-17-11/h2-3,6-9,16H,4-5H2,1H3. The molecule has 0 aliphatic carbocycles. The first-order chi connectivity index (χ1) is 8.66. The quantitative estimate of drug-likeness (QED) is 0.810. The van der Waals surface area contributed by atoms with Gasteiger partial charge in [-0.15, -0.1) is 11.3 Å². The van der Waals surface area contributed by atoms with Gasteiger partial charge in [0.2, 0.25) is 0 Å². The van der Waals surface area contributed by atoms with E-state index in [2.05, 4.69) is 72.7 Å². The first kappa shape index (κ1) is 14.2. The van der Waals surface area contributed by atoms with Gasteiger partial charge in [-0.3, -0.25) is 0 Å². The summed E-state index contributed by atoms with van der Waals surface area (Å²) in [5.74, 6) is 0. The zero-order chi connectivity index (χ0) is 13.0. The van der Waals surface area contributed by atoms with E-state index in [0.29, 0.717) is 6.04 Å². The van der Waals surface area contributed by atoms with E-state index in [4.69, 9.17) is 0 Å². The van der Waals surface area contributed by atoms with E-state index in [1.54, 1.807) is 11.3 Å². The SMILES string of the molecule is CC(NCCc1cscn1)c1ccc(Br)cc1Br. The van der Waals surface area contributed by atoms with Crippen LogP contribution in [0.5, 0.6) is 0 Å². The normalized spacial score (nSPS) is 12.6. The molecule has 0 bridgehead atoms. The molecule has 1 unspecified atom stereocenters. The lowest BCUT2D eigenvalue weighted by Gasteiger charge is -2.15. The van der Waals surface area contributed by atoms with Crippen LogP contribution in [0.2, 0.25) is 0 Å². The lowest BCUT2D eigenvalue weighted by atomic mass is 10.1. The largest absolute Gasteiger partial charge is 0.310 e. The average molecular weight is 390 g/mol. The predicted molar refractivity (Wildman–Crippen MR) is 84.1 cm³/mol. The molecule has 0 amide bonds. The van der Waals surface area contributed by atoms with Gasteiger partial charge in [0.25, 0.3) is 0 Å². The van der Waals surface area contributed by atoms with Gasteiger partial charge in [0.1, 0.15) is 0 Å². The Kier molecular flexibility index (Phi) is 5.36. The van der Waals surface area contributed by atoms with Gasteiger partial charge in [0, 0.05) is 33.3 Å². The van der Waals surface area contributed by atoms with Crippen molar-refractivity contribution in [1.29, 1.82) is 0 Å². The Morgan fingerprint density at radius 1 is 1.39 bits per heavy atom. The van der Waals surface area contributed by atoms with Crippen LogP contribution in [-0.4, -0.2) is 11.5 Å². The fourth-order valence-corrected chi connectivity index (χ4v) is 3.72. The van der Waals surface area contributed by atoms with E-state index in [-0.39, 0.29) is 0 Å². The van der Waals surface area contributed by atoms with Crippen LogP contribution in [0.1, 0.15) is 24.2 Å². The molecule has 1 aromatic carbocycles. The maximum Gasteiger partial charge on any atom is 0.0794 e. The minimum absolute atomic E-state index is 0.325. The van der Waals surface area contributed by atoms with Gasteiger partial charge in [-0.05, 0) is 24.6 Å². The van der Waals surface area contributed by atoms with Crippen LogP contribution >= 0.6 is 43.2 Å². The Balaban J connectivity index is 1.89. The van der Waals surface area contributed by atoms with Crippen molar-refractivity contribution >= 4 is 43.2 Å². The maximum absolute atomic E-state index is 4.28. The summed E-state index contributed by atoms with van der Waals surface area (Å²) in [6.07, 6.45) is 0.974. The first-order valence-electron chi connectivity index (χ1n) is 5.72. The number of halogens is 2. The van der Waals surface area contributed by atoms with Crippen LogP contribution in [0, 0.1) is 0 Å². The van der Waals surface area contributed by atoms with E-state index >= 15 is 0 Å². The highest BCUT2D eigenvalue weighted by atomic mass is 79.9.